The Morgan fingerprint density at radius 1 is 1.19 bits per heavy atom. The lowest BCUT2D eigenvalue weighted by Crippen LogP contribution is -2.53. The van der Waals surface area contributed by atoms with Crippen LogP contribution in [0.4, 0.5) is 5.69 Å². The molecule has 2 aromatic rings. The van der Waals surface area contributed by atoms with Crippen LogP contribution in [0, 0.1) is 0 Å². The summed E-state index contributed by atoms with van der Waals surface area (Å²) in [7, 11) is 1.73. The second kappa shape index (κ2) is 8.38. The van der Waals surface area contributed by atoms with E-state index >= 15 is 0 Å². The number of rotatable bonds is 5. The van der Waals surface area contributed by atoms with Gasteiger partial charge in [-0.25, -0.2) is 0 Å². The Kier molecular flexibility index (Phi) is 5.96. The first-order valence-corrected chi connectivity index (χ1v) is 9.63. The molecule has 2 amide bonds. The maximum absolute atomic E-state index is 13.2. The molecule has 2 atom stereocenters. The molecule has 1 heterocycles. The molecule has 1 unspecified atom stereocenters. The van der Waals surface area contributed by atoms with Crippen LogP contribution in [0.25, 0.3) is 0 Å². The Hall–Kier alpha value is -2.31. The van der Waals surface area contributed by atoms with Gasteiger partial charge in [0, 0.05) is 10.6 Å². The van der Waals surface area contributed by atoms with Gasteiger partial charge in [0.1, 0.15) is 6.04 Å². The second-order valence-corrected chi connectivity index (χ2v) is 7.32. The van der Waals surface area contributed by atoms with Crippen molar-refractivity contribution in [3.8, 4) is 0 Å². The van der Waals surface area contributed by atoms with Crippen LogP contribution < -0.4 is 15.5 Å². The lowest BCUT2D eigenvalue weighted by Gasteiger charge is -2.26. The molecule has 0 fully saturated rings. The number of hydrogen-bond donors (Lipinski definition) is 2. The van der Waals surface area contributed by atoms with E-state index in [1.165, 1.54) is 0 Å². The predicted molar refractivity (Wildman–Crippen MR) is 105 cm³/mol. The number of nitrogens with one attached hydrogen (secondary N) is 2. The topological polar surface area (TPSA) is 61.4 Å². The van der Waals surface area contributed by atoms with Crippen molar-refractivity contribution in [3.63, 3.8) is 0 Å². The van der Waals surface area contributed by atoms with E-state index in [9.17, 15) is 9.59 Å². The summed E-state index contributed by atoms with van der Waals surface area (Å²) in [5.41, 5.74) is 1.95. The molecule has 0 saturated heterocycles. The lowest BCUT2D eigenvalue weighted by molar-refractivity contribution is -0.128. The largest absolute Gasteiger partial charge is 0.342 e. The van der Waals surface area contributed by atoms with Gasteiger partial charge < -0.3 is 15.5 Å². The fourth-order valence-corrected chi connectivity index (χ4v) is 3.89. The van der Waals surface area contributed by atoms with Gasteiger partial charge in [-0.15, -0.1) is 11.8 Å². The first-order chi connectivity index (χ1) is 12.6. The summed E-state index contributed by atoms with van der Waals surface area (Å²) in [5, 5.41) is 5.81. The van der Waals surface area contributed by atoms with Crippen molar-refractivity contribution in [2.45, 2.75) is 30.4 Å². The van der Waals surface area contributed by atoms with E-state index in [0.717, 1.165) is 16.1 Å². The summed E-state index contributed by atoms with van der Waals surface area (Å²) in [6.07, 6.45) is 0. The number of fused-ring (bicyclic) bond motifs is 1. The molecule has 3 rings (SSSR count). The first-order valence-electron chi connectivity index (χ1n) is 8.65. The molecule has 0 spiro atoms. The molecule has 136 valence electrons. The zero-order valence-corrected chi connectivity index (χ0v) is 15.8. The Morgan fingerprint density at radius 2 is 1.88 bits per heavy atom. The van der Waals surface area contributed by atoms with Crippen LogP contribution in [-0.2, 0) is 16.1 Å². The zero-order valence-electron chi connectivity index (χ0n) is 14.9. The van der Waals surface area contributed by atoms with Crippen LogP contribution >= 0.6 is 11.8 Å². The summed E-state index contributed by atoms with van der Waals surface area (Å²) in [4.78, 5) is 28.3. The lowest BCUT2D eigenvalue weighted by atomic mass is 10.1. The Bertz CT molecular complexity index is 782. The molecule has 0 aliphatic carbocycles. The van der Waals surface area contributed by atoms with Crippen molar-refractivity contribution >= 4 is 29.3 Å². The zero-order chi connectivity index (χ0) is 18.5. The van der Waals surface area contributed by atoms with Crippen molar-refractivity contribution in [2.75, 3.05) is 17.7 Å². The number of nitrogens with zero attached hydrogens (tertiary/aromatic N) is 1. The van der Waals surface area contributed by atoms with Gasteiger partial charge in [0.25, 0.3) is 5.91 Å². The van der Waals surface area contributed by atoms with Gasteiger partial charge in [0.05, 0.1) is 18.3 Å². The Balaban J connectivity index is 1.89. The van der Waals surface area contributed by atoms with Gasteiger partial charge in [-0.3, -0.25) is 9.59 Å². The van der Waals surface area contributed by atoms with E-state index in [0.29, 0.717) is 12.3 Å². The van der Waals surface area contributed by atoms with E-state index in [1.54, 1.807) is 30.6 Å². The number of carbonyl (C=O) groups is 2. The van der Waals surface area contributed by atoms with Gasteiger partial charge in [0.2, 0.25) is 5.91 Å². The SMILES string of the molecule is CNC(C)C(=O)N[C@@H]1CSc2ccccc2N(Cc2ccccc2)C1=O. The molecule has 0 saturated carbocycles. The molecule has 0 bridgehead atoms. The van der Waals surface area contributed by atoms with Crippen molar-refractivity contribution in [2.24, 2.45) is 0 Å². The summed E-state index contributed by atoms with van der Waals surface area (Å²) in [5.74, 6) is 0.267. The Morgan fingerprint density at radius 3 is 2.62 bits per heavy atom. The average molecular weight is 369 g/mol. The average Bonchev–Trinajstić information content (AvgIpc) is 2.80. The molecule has 2 N–H and O–H groups in total. The van der Waals surface area contributed by atoms with E-state index in [1.807, 2.05) is 54.6 Å². The third-order valence-corrected chi connectivity index (χ3v) is 5.61. The number of benzene rings is 2. The van der Waals surface area contributed by atoms with Crippen LogP contribution in [0.15, 0.2) is 59.5 Å². The molecule has 2 aromatic carbocycles. The van der Waals surface area contributed by atoms with Crippen molar-refractivity contribution in [1.82, 2.24) is 10.6 Å². The standard InChI is InChI=1S/C20H23N3O2S/c1-14(21-2)19(24)22-16-13-26-18-11-7-6-10-17(18)23(20(16)25)12-15-8-4-3-5-9-15/h3-11,14,16,21H,12-13H2,1-2H3,(H,22,24)/t14?,16-/m1/s1. The van der Waals surface area contributed by atoms with Crippen LogP contribution in [0.2, 0.25) is 0 Å². The third kappa shape index (κ3) is 4.08. The summed E-state index contributed by atoms with van der Waals surface area (Å²) < 4.78 is 0. The highest BCUT2D eigenvalue weighted by Crippen LogP contribution is 2.35. The predicted octanol–water partition coefficient (Wildman–Crippen LogP) is 2.42. The van der Waals surface area contributed by atoms with E-state index in [2.05, 4.69) is 10.6 Å². The molecule has 6 heteroatoms. The van der Waals surface area contributed by atoms with E-state index in [4.69, 9.17) is 0 Å². The van der Waals surface area contributed by atoms with E-state index < -0.39 is 6.04 Å². The molecule has 5 nitrogen and oxygen atoms in total. The highest BCUT2D eigenvalue weighted by molar-refractivity contribution is 7.99. The Labute approximate surface area is 158 Å². The number of carbonyl (C=O) groups excluding carboxylic acids is 2. The quantitative estimate of drug-likeness (QED) is 0.850. The van der Waals surface area contributed by atoms with Gasteiger partial charge in [0.15, 0.2) is 0 Å². The molecule has 0 aromatic heterocycles. The smallest absolute Gasteiger partial charge is 0.250 e. The third-order valence-electron chi connectivity index (χ3n) is 4.45. The van der Waals surface area contributed by atoms with Crippen molar-refractivity contribution in [3.05, 3.63) is 60.2 Å². The second-order valence-electron chi connectivity index (χ2n) is 6.26. The fourth-order valence-electron chi connectivity index (χ4n) is 2.81. The summed E-state index contributed by atoms with van der Waals surface area (Å²) >= 11 is 1.60. The van der Waals surface area contributed by atoms with Gasteiger partial charge in [-0.05, 0) is 31.7 Å². The molecule has 1 aliphatic rings. The van der Waals surface area contributed by atoms with Crippen molar-refractivity contribution < 1.29 is 9.59 Å². The number of hydrogen-bond acceptors (Lipinski definition) is 4. The van der Waals surface area contributed by atoms with Crippen LogP contribution in [-0.4, -0.2) is 36.7 Å². The number of amides is 2. The molecular weight excluding hydrogens is 346 g/mol. The van der Waals surface area contributed by atoms with E-state index in [-0.39, 0.29) is 17.9 Å². The van der Waals surface area contributed by atoms with Crippen LogP contribution in [0.3, 0.4) is 0 Å². The minimum atomic E-state index is -0.556. The van der Waals surface area contributed by atoms with Crippen LogP contribution in [0.1, 0.15) is 12.5 Å². The highest BCUT2D eigenvalue weighted by Gasteiger charge is 2.32. The maximum Gasteiger partial charge on any atom is 0.250 e. The minimum Gasteiger partial charge on any atom is -0.342 e. The number of thioether (sulfide) groups is 1. The number of likely N-dealkylation sites (N-methyl/N-ethyl adjacent to an activating group) is 1. The molecule has 0 radical (unpaired) electrons. The van der Waals surface area contributed by atoms with Gasteiger partial charge in [-0.2, -0.15) is 0 Å². The van der Waals surface area contributed by atoms with Gasteiger partial charge >= 0.3 is 0 Å². The van der Waals surface area contributed by atoms with Gasteiger partial charge in [-0.1, -0.05) is 42.5 Å². The summed E-state index contributed by atoms with van der Waals surface area (Å²) in [6, 6.07) is 16.9. The maximum atomic E-state index is 13.2. The molecule has 26 heavy (non-hydrogen) atoms. The minimum absolute atomic E-state index is 0.0806. The fraction of sp³-hybridized carbons (Fsp3) is 0.300. The highest BCUT2D eigenvalue weighted by atomic mass is 32.2. The molecular formula is C20H23N3O2S. The first kappa shape index (κ1) is 18.5. The van der Waals surface area contributed by atoms with Crippen molar-refractivity contribution in [1.29, 1.82) is 0 Å². The summed E-state index contributed by atoms with van der Waals surface area (Å²) in [6.45, 7) is 2.26. The monoisotopic (exact) mass is 369 g/mol. The normalized spacial score (nSPS) is 18.0. The molecule has 1 aliphatic heterocycles. The number of anilines is 1. The number of para-hydroxylation sites is 1. The van der Waals surface area contributed by atoms with Crippen LogP contribution in [0.5, 0.6) is 0 Å².